The van der Waals surface area contributed by atoms with Crippen LogP contribution in [0.3, 0.4) is 0 Å². The molecule has 2 aromatic carbocycles. The monoisotopic (exact) mass is 383 g/mol. The lowest BCUT2D eigenvalue weighted by molar-refractivity contribution is -0.467. The Morgan fingerprint density at radius 2 is 1.96 bits per heavy atom. The van der Waals surface area contributed by atoms with Crippen LogP contribution in [0.1, 0.15) is 28.7 Å². The summed E-state index contributed by atoms with van der Waals surface area (Å²) in [6, 6.07) is 10.7. The second-order valence-electron chi connectivity index (χ2n) is 6.05. The number of amides is 1. The molecule has 0 unspecified atom stereocenters. The van der Waals surface area contributed by atoms with Gasteiger partial charge in [-0.3, -0.25) is 4.79 Å². The van der Waals surface area contributed by atoms with Crippen LogP contribution in [0.2, 0.25) is 0 Å². The number of aromatic hydroxyl groups is 1. The predicted octanol–water partition coefficient (Wildman–Crippen LogP) is 1.97. The van der Waals surface area contributed by atoms with Crippen LogP contribution in [0.15, 0.2) is 47.6 Å². The molecule has 1 aromatic heterocycles. The summed E-state index contributed by atoms with van der Waals surface area (Å²) >= 11 is 0. The standard InChI is InChI=1S/C19H18N4O5/c1-11(20-21-19(25)14-6-4-5-7-17(14)24)18-12(2)22(26)15-9-8-13(28-3)10-16(15)23(18)27/h4-10,26H,1-3H3,(H-,21,24,25)/p+1/b20-11+. The van der Waals surface area contributed by atoms with Crippen molar-refractivity contribution in [3.8, 4) is 11.5 Å². The molecule has 3 N–H and O–H groups in total. The minimum Gasteiger partial charge on any atom is -0.507 e. The van der Waals surface area contributed by atoms with Crippen LogP contribution in [0.4, 0.5) is 0 Å². The van der Waals surface area contributed by atoms with E-state index in [-0.39, 0.29) is 33.9 Å². The van der Waals surface area contributed by atoms with Gasteiger partial charge in [0.15, 0.2) is 5.52 Å². The number of para-hydroxylation sites is 1. The van der Waals surface area contributed by atoms with E-state index in [2.05, 4.69) is 10.5 Å². The quantitative estimate of drug-likeness (QED) is 0.275. The zero-order valence-corrected chi connectivity index (χ0v) is 15.5. The van der Waals surface area contributed by atoms with Crippen molar-refractivity contribution in [3.63, 3.8) is 0 Å². The number of hydrazone groups is 1. The highest BCUT2D eigenvalue weighted by Crippen LogP contribution is 2.20. The van der Waals surface area contributed by atoms with Crippen molar-refractivity contribution in [2.75, 3.05) is 7.11 Å². The minimum absolute atomic E-state index is 0.0474. The Morgan fingerprint density at radius 1 is 1.25 bits per heavy atom. The smallest absolute Gasteiger partial charge is 0.308 e. The maximum Gasteiger partial charge on any atom is 0.308 e. The fraction of sp³-hybridized carbons (Fsp3) is 0.158. The molecule has 1 heterocycles. The van der Waals surface area contributed by atoms with Gasteiger partial charge in [0.05, 0.1) is 23.2 Å². The molecule has 0 radical (unpaired) electrons. The second kappa shape index (κ2) is 7.39. The number of nitrogens with zero attached hydrogens (tertiary/aromatic N) is 3. The van der Waals surface area contributed by atoms with E-state index in [9.17, 15) is 20.0 Å². The first kappa shape index (κ1) is 18.9. The molecular weight excluding hydrogens is 364 g/mol. The van der Waals surface area contributed by atoms with Crippen LogP contribution in [-0.2, 0) is 0 Å². The van der Waals surface area contributed by atoms with Gasteiger partial charge in [0.2, 0.25) is 0 Å². The average Bonchev–Trinajstić information content (AvgIpc) is 2.70. The van der Waals surface area contributed by atoms with Crippen LogP contribution in [0.5, 0.6) is 11.5 Å². The molecule has 28 heavy (non-hydrogen) atoms. The Balaban J connectivity index is 2.05. The van der Waals surface area contributed by atoms with E-state index in [1.165, 1.54) is 32.2 Å². The number of carbonyl (C=O) groups excluding carboxylic acids is 1. The van der Waals surface area contributed by atoms with Gasteiger partial charge in [-0.1, -0.05) is 12.1 Å². The number of hydrogen-bond donors (Lipinski definition) is 3. The predicted molar refractivity (Wildman–Crippen MR) is 102 cm³/mol. The number of phenols is 1. The van der Waals surface area contributed by atoms with Gasteiger partial charge in [-0.15, -0.1) is 0 Å². The van der Waals surface area contributed by atoms with Crippen molar-refractivity contribution >= 4 is 22.7 Å². The van der Waals surface area contributed by atoms with E-state index < -0.39 is 5.91 Å². The van der Waals surface area contributed by atoms with Crippen LogP contribution in [0, 0.1) is 11.8 Å². The summed E-state index contributed by atoms with van der Waals surface area (Å²) in [6.45, 7) is 3.07. The highest BCUT2D eigenvalue weighted by atomic mass is 16.5. The molecular formula is C19H19N4O5+. The van der Waals surface area contributed by atoms with E-state index in [1.807, 2.05) is 0 Å². The van der Waals surface area contributed by atoms with Gasteiger partial charge in [-0.2, -0.15) is 9.83 Å². The summed E-state index contributed by atoms with van der Waals surface area (Å²) < 4.78 is 6.63. The van der Waals surface area contributed by atoms with Gasteiger partial charge in [-0.05, 0) is 38.1 Å². The molecule has 0 fully saturated rings. The summed E-state index contributed by atoms with van der Waals surface area (Å²) in [4.78, 5) is 25.1. The molecule has 9 nitrogen and oxygen atoms in total. The highest BCUT2D eigenvalue weighted by Gasteiger charge is 2.26. The number of fused-ring (bicyclic) bond motifs is 1. The lowest BCUT2D eigenvalue weighted by atomic mass is 10.2. The van der Waals surface area contributed by atoms with Gasteiger partial charge in [0.25, 0.3) is 11.4 Å². The molecule has 1 amide bonds. The third kappa shape index (κ3) is 3.25. The van der Waals surface area contributed by atoms with Gasteiger partial charge in [0.1, 0.15) is 22.9 Å². The van der Waals surface area contributed by atoms with Gasteiger partial charge >= 0.3 is 5.69 Å². The number of aromatic nitrogens is 2. The highest BCUT2D eigenvalue weighted by molar-refractivity contribution is 6.00. The lowest BCUT2D eigenvalue weighted by Crippen LogP contribution is -2.31. The molecule has 0 saturated heterocycles. The fourth-order valence-corrected chi connectivity index (χ4v) is 2.84. The zero-order chi connectivity index (χ0) is 20.4. The summed E-state index contributed by atoms with van der Waals surface area (Å²) in [5, 5.41) is 24.1. The number of benzene rings is 2. The topological polar surface area (TPSA) is 119 Å². The third-order valence-electron chi connectivity index (χ3n) is 4.31. The van der Waals surface area contributed by atoms with Crippen molar-refractivity contribution in [3.05, 3.63) is 64.3 Å². The number of nitrogens with one attached hydrogen (secondary N) is 1. The average molecular weight is 383 g/mol. The molecule has 0 aliphatic rings. The molecule has 0 spiro atoms. The molecule has 0 aliphatic heterocycles. The normalized spacial score (nSPS) is 11.5. The van der Waals surface area contributed by atoms with E-state index in [4.69, 9.17) is 4.74 Å². The van der Waals surface area contributed by atoms with Gasteiger partial charge in [-0.25, -0.2) is 5.43 Å². The van der Waals surface area contributed by atoms with Crippen molar-refractivity contribution < 1.29 is 24.3 Å². The Bertz CT molecular complexity index is 1170. The number of carbonyl (C=O) groups is 1. The lowest BCUT2D eigenvalue weighted by Gasteiger charge is -2.07. The van der Waals surface area contributed by atoms with Crippen LogP contribution in [0.25, 0.3) is 11.0 Å². The van der Waals surface area contributed by atoms with Crippen LogP contribution in [-0.4, -0.2) is 33.8 Å². The first-order valence-electron chi connectivity index (χ1n) is 8.33. The molecule has 0 aliphatic carbocycles. The first-order chi connectivity index (χ1) is 13.3. The largest absolute Gasteiger partial charge is 0.507 e. The first-order valence-corrected chi connectivity index (χ1v) is 8.33. The number of hydrogen-bond acceptors (Lipinski definition) is 6. The number of methoxy groups -OCH3 is 1. The van der Waals surface area contributed by atoms with Crippen molar-refractivity contribution in [1.29, 1.82) is 0 Å². The van der Waals surface area contributed by atoms with Gasteiger partial charge < -0.3 is 15.1 Å². The maximum atomic E-state index is 12.9. The number of ether oxygens (including phenoxy) is 1. The molecule has 3 aromatic rings. The summed E-state index contributed by atoms with van der Waals surface area (Å²) in [7, 11) is 1.47. The van der Waals surface area contributed by atoms with E-state index in [0.717, 1.165) is 4.73 Å². The molecule has 9 heteroatoms. The Kier molecular flexibility index (Phi) is 4.99. The number of rotatable bonds is 4. The van der Waals surface area contributed by atoms with Crippen molar-refractivity contribution in [2.45, 2.75) is 13.8 Å². The summed E-state index contributed by atoms with van der Waals surface area (Å²) in [5.41, 5.74) is 3.30. The second-order valence-corrected chi connectivity index (χ2v) is 6.05. The van der Waals surface area contributed by atoms with Crippen molar-refractivity contribution in [1.82, 2.24) is 10.2 Å². The molecule has 0 bridgehead atoms. The molecule has 144 valence electrons. The number of phenolic OH excluding ortho intramolecular Hbond substituents is 1. The van der Waals surface area contributed by atoms with Crippen LogP contribution >= 0.6 is 0 Å². The zero-order valence-electron chi connectivity index (χ0n) is 15.5. The maximum absolute atomic E-state index is 12.9. The molecule has 0 saturated carbocycles. The fourth-order valence-electron chi connectivity index (χ4n) is 2.84. The molecule has 0 atom stereocenters. The Hall–Kier alpha value is -3.88. The van der Waals surface area contributed by atoms with Crippen LogP contribution < -0.4 is 14.6 Å². The summed E-state index contributed by atoms with van der Waals surface area (Å²) in [5.74, 6) is -0.366. The molecule has 3 rings (SSSR count). The minimum atomic E-state index is -0.633. The van der Waals surface area contributed by atoms with Crippen molar-refractivity contribution in [2.24, 2.45) is 5.10 Å². The van der Waals surface area contributed by atoms with E-state index in [0.29, 0.717) is 15.7 Å². The Labute approximate surface area is 159 Å². The summed E-state index contributed by atoms with van der Waals surface area (Å²) in [6.07, 6.45) is 0. The Morgan fingerprint density at radius 3 is 2.64 bits per heavy atom. The SMILES string of the molecule is COc1ccc2c(c1)[n+](=O)c(/C(C)=N/NC(=O)c1ccccc1O)c(C)n2O. The van der Waals surface area contributed by atoms with E-state index >= 15 is 0 Å². The third-order valence-corrected chi connectivity index (χ3v) is 4.31. The van der Waals surface area contributed by atoms with E-state index in [1.54, 1.807) is 31.2 Å². The van der Waals surface area contributed by atoms with Gasteiger partial charge in [0, 0.05) is 4.91 Å².